The third-order valence-electron chi connectivity index (χ3n) is 18.9. The summed E-state index contributed by atoms with van der Waals surface area (Å²) in [6.07, 6.45) is 4.68. The molecule has 0 amide bonds. The summed E-state index contributed by atoms with van der Waals surface area (Å²) in [6, 6.07) is 39.3. The van der Waals surface area contributed by atoms with Crippen LogP contribution in [0.2, 0.25) is 0 Å². The van der Waals surface area contributed by atoms with E-state index in [9.17, 15) is 0 Å². The molecule has 5 heterocycles. The molecule has 14 rings (SSSR count). The Morgan fingerprint density at radius 1 is 0.528 bits per heavy atom. The fraction of sp³-hybridized carbons (Fsp3) is 0.373. The monoisotopic (exact) mass is 961 g/mol. The van der Waals surface area contributed by atoms with E-state index < -0.39 is 0 Å². The molecule has 0 atom stereocenters. The lowest BCUT2D eigenvalue weighted by atomic mass is 9.43. The van der Waals surface area contributed by atoms with Crippen molar-refractivity contribution in [2.24, 2.45) is 0 Å². The Labute approximate surface area is 430 Å². The van der Waals surface area contributed by atoms with Crippen molar-refractivity contribution in [2.75, 3.05) is 4.81 Å². The maximum Gasteiger partial charge on any atom is 0.333 e. The lowest BCUT2D eigenvalue weighted by molar-refractivity contribution is 0.332. The summed E-state index contributed by atoms with van der Waals surface area (Å²) in [7, 11) is 0. The Morgan fingerprint density at radius 3 is 1.83 bits per heavy atom. The van der Waals surface area contributed by atoms with Gasteiger partial charge in [0.05, 0.1) is 11.0 Å². The maximum absolute atomic E-state index is 7.61. The average molecular weight is 961 g/mol. The Balaban J connectivity index is 1.21. The zero-order chi connectivity index (χ0) is 50.3. The van der Waals surface area contributed by atoms with Crippen LogP contribution in [-0.4, -0.2) is 11.4 Å². The minimum absolute atomic E-state index is 0.000951. The summed E-state index contributed by atoms with van der Waals surface area (Å²) in [4.78, 5) is 2.81. The minimum Gasteiger partial charge on any atom is -0.455 e. The number of hydrogen-bond acceptors (Lipinski definition) is 3. The summed E-state index contributed by atoms with van der Waals surface area (Å²) in [6.45, 7) is 36.2. The number of benzene rings is 7. The summed E-state index contributed by atoms with van der Waals surface area (Å²) < 4.78 is 13.0. The molecule has 0 saturated carbocycles. The maximum atomic E-state index is 7.61. The number of fused-ring (bicyclic) bond motifs is 17. The van der Waals surface area contributed by atoms with Gasteiger partial charge in [0, 0.05) is 69.9 Å². The second kappa shape index (κ2) is 13.9. The molecule has 0 radical (unpaired) electrons. The van der Waals surface area contributed by atoms with Gasteiger partial charge < -0.3 is 13.8 Å². The van der Waals surface area contributed by atoms with Crippen molar-refractivity contribution in [1.82, 2.24) is 4.57 Å². The van der Waals surface area contributed by atoms with Gasteiger partial charge in [0.25, 0.3) is 0 Å². The molecule has 0 N–H and O–H groups in total. The van der Waals surface area contributed by atoms with Crippen molar-refractivity contribution in [1.29, 1.82) is 0 Å². The number of aromatic nitrogens is 1. The molecule has 0 bridgehead atoms. The summed E-state index contributed by atoms with van der Waals surface area (Å²) >= 11 is 1.96. The topological polar surface area (TPSA) is 21.3 Å². The standard InChI is InChI=1S/C67H69BN2OS/c1-36-28-45-47(66(12,13)26-24-64(45,8)9)34-52(36)70-51-23-21-40-42-32-46-48(67(14,15)27-25-65(46,10)11)35-54(42)71-60(40)56(51)57-58-53(33-44-39-18-16-17-19-55(39)72-61(44)57)69-50-22-20-37(62(2,3)4)29-41(50)43-30-38(63(5,6)7)31-49(59(43)69)68(58)70/h16-23,28-35H,24-27H2,1-15H3. The molecule has 4 aliphatic rings. The molecule has 72 heavy (non-hydrogen) atoms. The van der Waals surface area contributed by atoms with Crippen molar-refractivity contribution in [3.8, 4) is 16.8 Å². The first-order valence-corrected chi connectivity index (χ1v) is 27.8. The number of thiophene rings is 1. The zero-order valence-corrected chi connectivity index (χ0v) is 46.2. The van der Waals surface area contributed by atoms with Crippen LogP contribution in [0.3, 0.4) is 0 Å². The van der Waals surface area contributed by atoms with Crippen LogP contribution in [0.15, 0.2) is 101 Å². The molecule has 3 nitrogen and oxygen atoms in total. The molecule has 5 heteroatoms. The van der Waals surface area contributed by atoms with E-state index in [2.05, 4.69) is 210 Å². The van der Waals surface area contributed by atoms with Crippen molar-refractivity contribution < 1.29 is 4.42 Å². The second-order valence-electron chi connectivity index (χ2n) is 27.5. The lowest BCUT2D eigenvalue weighted by Gasteiger charge is -2.46. The van der Waals surface area contributed by atoms with Crippen LogP contribution in [0.1, 0.15) is 162 Å². The van der Waals surface area contributed by atoms with Crippen LogP contribution < -0.4 is 15.7 Å². The highest BCUT2D eigenvalue weighted by atomic mass is 32.1. The van der Waals surface area contributed by atoms with Gasteiger partial charge in [-0.3, -0.25) is 0 Å². The summed E-state index contributed by atoms with van der Waals surface area (Å²) in [5.74, 6) is 0. The minimum atomic E-state index is -0.118. The van der Waals surface area contributed by atoms with Crippen LogP contribution in [0.25, 0.3) is 80.7 Å². The first kappa shape index (κ1) is 44.9. The number of hydrogen-bond donors (Lipinski definition) is 0. The highest BCUT2D eigenvalue weighted by molar-refractivity contribution is 7.26. The molecule has 10 aromatic rings. The van der Waals surface area contributed by atoms with Gasteiger partial charge >= 0.3 is 6.85 Å². The Kier molecular flexibility index (Phi) is 8.65. The molecule has 0 saturated heterocycles. The van der Waals surface area contributed by atoms with E-state index in [0.717, 1.165) is 24.0 Å². The van der Waals surface area contributed by atoms with Gasteiger partial charge in [-0.1, -0.05) is 133 Å². The van der Waals surface area contributed by atoms with Crippen molar-refractivity contribution in [2.45, 2.75) is 162 Å². The number of rotatable bonds is 1. The molecule has 0 spiro atoms. The van der Waals surface area contributed by atoms with E-state index in [-0.39, 0.29) is 39.3 Å². The van der Waals surface area contributed by atoms with E-state index in [1.807, 2.05) is 11.3 Å². The molecule has 0 fully saturated rings. The third kappa shape index (κ3) is 5.86. The molecule has 7 aromatic carbocycles. The van der Waals surface area contributed by atoms with Gasteiger partial charge in [-0.25, -0.2) is 0 Å². The van der Waals surface area contributed by atoms with Crippen LogP contribution in [0.5, 0.6) is 0 Å². The molecule has 3 aromatic heterocycles. The predicted molar refractivity (Wildman–Crippen MR) is 313 cm³/mol. The highest BCUT2D eigenvalue weighted by Crippen LogP contribution is 2.56. The lowest BCUT2D eigenvalue weighted by Crippen LogP contribution is -2.61. The van der Waals surface area contributed by atoms with E-state index in [4.69, 9.17) is 4.42 Å². The zero-order valence-electron chi connectivity index (χ0n) is 45.4. The van der Waals surface area contributed by atoms with Crippen LogP contribution >= 0.6 is 11.3 Å². The third-order valence-corrected chi connectivity index (χ3v) is 20.1. The summed E-state index contributed by atoms with van der Waals surface area (Å²) in [5.41, 5.74) is 23.8. The van der Waals surface area contributed by atoms with Crippen molar-refractivity contribution >= 4 is 104 Å². The number of furan rings is 1. The molecule has 0 unspecified atom stereocenters. The highest BCUT2D eigenvalue weighted by Gasteiger charge is 2.48. The number of anilines is 2. The Hall–Kier alpha value is -5.78. The first-order valence-electron chi connectivity index (χ1n) is 27.0. The fourth-order valence-corrected chi connectivity index (χ4v) is 15.5. The fourth-order valence-electron chi connectivity index (χ4n) is 14.2. The van der Waals surface area contributed by atoms with E-state index in [0.29, 0.717) is 0 Å². The van der Waals surface area contributed by atoms with Crippen molar-refractivity contribution in [3.05, 3.63) is 136 Å². The normalized spacial score (nSPS) is 18.4. The SMILES string of the molecule is Cc1cc2c(cc1N1B3c4c(cc5c(sc6ccccc65)c4-c4c1ccc1c4oc4cc5c(cc41)C(C)(C)CCC5(C)C)-n1c4ccc(C(C)(C)C)cc4c4cc(C(C)(C)C)cc3c41)C(C)(C)CCC2(C)C. The van der Waals surface area contributed by atoms with Gasteiger partial charge in [-0.15, -0.1) is 11.3 Å². The number of nitrogens with zero attached hydrogens (tertiary/aromatic N) is 2. The first-order chi connectivity index (χ1) is 33.8. The molecular weight excluding hydrogens is 892 g/mol. The number of aryl methyl sites for hydroxylation is 1. The average Bonchev–Trinajstić information content (AvgIpc) is 3.99. The van der Waals surface area contributed by atoms with Crippen molar-refractivity contribution in [3.63, 3.8) is 0 Å². The summed E-state index contributed by atoms with van der Waals surface area (Å²) in [5, 5.41) is 7.75. The van der Waals surface area contributed by atoms with Crippen LogP contribution in [0.4, 0.5) is 11.4 Å². The van der Waals surface area contributed by atoms with Crippen LogP contribution in [-0.2, 0) is 32.5 Å². The van der Waals surface area contributed by atoms with Gasteiger partial charge in [0.2, 0.25) is 0 Å². The molecule has 2 aliphatic carbocycles. The van der Waals surface area contributed by atoms with E-state index in [1.54, 1.807) is 0 Å². The second-order valence-corrected chi connectivity index (χ2v) is 28.6. The largest absolute Gasteiger partial charge is 0.455 e. The molecular formula is C67H69BN2OS. The molecule has 362 valence electrons. The Bertz CT molecular complexity index is 4090. The quantitative estimate of drug-likeness (QED) is 0.153. The van der Waals surface area contributed by atoms with Gasteiger partial charge in [-0.2, -0.15) is 0 Å². The van der Waals surface area contributed by atoms with Gasteiger partial charge in [0.1, 0.15) is 11.2 Å². The van der Waals surface area contributed by atoms with Gasteiger partial charge in [-0.05, 0) is 176 Å². The smallest absolute Gasteiger partial charge is 0.333 e. The molecule has 2 aliphatic heterocycles. The predicted octanol–water partition coefficient (Wildman–Crippen LogP) is 17.9. The van der Waals surface area contributed by atoms with E-state index >= 15 is 0 Å². The van der Waals surface area contributed by atoms with Crippen LogP contribution in [0, 0.1) is 6.92 Å². The Morgan fingerprint density at radius 2 is 1.15 bits per heavy atom. The van der Waals surface area contributed by atoms with E-state index in [1.165, 1.54) is 144 Å². The van der Waals surface area contributed by atoms with Gasteiger partial charge in [0.15, 0.2) is 0 Å².